The van der Waals surface area contributed by atoms with Crippen molar-refractivity contribution < 1.29 is 19.3 Å². The quantitative estimate of drug-likeness (QED) is 0.521. The van der Waals surface area contributed by atoms with E-state index in [2.05, 4.69) is 18.8 Å². The lowest BCUT2D eigenvalue weighted by Gasteiger charge is -2.29. The maximum absolute atomic E-state index is 9.96. The summed E-state index contributed by atoms with van der Waals surface area (Å²) in [5, 5.41) is 18.9. The Hall–Kier alpha value is -3.48. The average Bonchev–Trinajstić information content (AvgIpc) is 2.73. The van der Waals surface area contributed by atoms with Gasteiger partial charge in [0.05, 0.1) is 19.8 Å². The fourth-order valence-corrected chi connectivity index (χ4v) is 3.87. The number of nitrogens with zero attached hydrogens (tertiary/aromatic N) is 2. The fraction of sp³-hybridized carbons (Fsp3) is 0.304. The summed E-state index contributed by atoms with van der Waals surface area (Å²) in [5.41, 5.74) is 2.81. The van der Waals surface area contributed by atoms with Gasteiger partial charge < -0.3 is 23.9 Å². The van der Waals surface area contributed by atoms with Crippen LogP contribution in [0, 0.1) is 11.3 Å². The van der Waals surface area contributed by atoms with Crippen molar-refractivity contribution in [1.29, 1.82) is 5.41 Å². The first-order chi connectivity index (χ1) is 14.4. The molecule has 30 heavy (non-hydrogen) atoms. The summed E-state index contributed by atoms with van der Waals surface area (Å²) in [5.74, 6) is 2.31. The molecule has 1 unspecified atom stereocenters. The Bertz CT molecular complexity index is 1150. The number of aromatic nitrogens is 2. The van der Waals surface area contributed by atoms with Gasteiger partial charge in [-0.1, -0.05) is 26.0 Å². The number of fused-ring (bicyclic) bond motifs is 2. The van der Waals surface area contributed by atoms with Gasteiger partial charge in [0, 0.05) is 24.1 Å². The van der Waals surface area contributed by atoms with Gasteiger partial charge in [0.15, 0.2) is 11.5 Å². The molecule has 7 heteroatoms. The molecule has 0 saturated heterocycles. The van der Waals surface area contributed by atoms with E-state index in [1.165, 1.54) is 0 Å². The molecule has 0 fully saturated rings. The Labute approximate surface area is 175 Å². The van der Waals surface area contributed by atoms with Crippen LogP contribution in [0.2, 0.25) is 0 Å². The van der Waals surface area contributed by atoms with Crippen molar-refractivity contribution >= 4 is 0 Å². The first-order valence-corrected chi connectivity index (χ1v) is 9.79. The number of benzene rings is 2. The standard InChI is InChI=1S/C23H25N3O4/c1-13(2)11-26-12-25-23-21(22(26)24)20(16-7-6-15(27)10-18(16)30-23)14-5-8-17(28-3)19(9-14)29-4/h5-10,12-13,20,24,27H,11H2,1-4H3. The van der Waals surface area contributed by atoms with Gasteiger partial charge in [0.2, 0.25) is 5.88 Å². The van der Waals surface area contributed by atoms with E-state index >= 15 is 0 Å². The number of phenols is 1. The molecule has 0 amide bonds. The first kappa shape index (κ1) is 19.8. The van der Waals surface area contributed by atoms with Gasteiger partial charge in [-0.05, 0) is 29.7 Å². The fourth-order valence-electron chi connectivity index (χ4n) is 3.87. The molecule has 0 spiro atoms. The summed E-state index contributed by atoms with van der Waals surface area (Å²) in [6.07, 6.45) is 1.64. The molecule has 1 atom stereocenters. The smallest absolute Gasteiger partial charge is 0.228 e. The molecular formula is C23H25N3O4. The minimum atomic E-state index is -0.302. The molecule has 156 valence electrons. The average molecular weight is 407 g/mol. The van der Waals surface area contributed by atoms with Crippen LogP contribution in [0.15, 0.2) is 42.7 Å². The van der Waals surface area contributed by atoms with Gasteiger partial charge in [-0.25, -0.2) is 4.98 Å². The van der Waals surface area contributed by atoms with Gasteiger partial charge in [-0.2, -0.15) is 0 Å². The summed E-state index contributed by atoms with van der Waals surface area (Å²) in [4.78, 5) is 4.50. The lowest BCUT2D eigenvalue weighted by molar-refractivity contribution is 0.354. The minimum absolute atomic E-state index is 0.111. The number of nitrogens with one attached hydrogen (secondary N) is 1. The molecule has 7 nitrogen and oxygen atoms in total. The zero-order chi connectivity index (χ0) is 21.4. The van der Waals surface area contributed by atoms with Gasteiger partial charge >= 0.3 is 0 Å². The highest BCUT2D eigenvalue weighted by molar-refractivity contribution is 5.58. The van der Waals surface area contributed by atoms with Crippen LogP contribution in [0.5, 0.6) is 28.9 Å². The lowest BCUT2D eigenvalue weighted by Crippen LogP contribution is -2.30. The van der Waals surface area contributed by atoms with Crippen LogP contribution in [-0.2, 0) is 6.54 Å². The van der Waals surface area contributed by atoms with E-state index in [-0.39, 0.29) is 11.7 Å². The molecule has 2 aromatic carbocycles. The van der Waals surface area contributed by atoms with E-state index in [0.29, 0.717) is 46.6 Å². The normalized spacial score (nSPS) is 14.6. The molecule has 3 aromatic rings. The van der Waals surface area contributed by atoms with Crippen LogP contribution in [0.25, 0.3) is 0 Å². The number of rotatable bonds is 5. The van der Waals surface area contributed by atoms with Crippen molar-refractivity contribution in [3.63, 3.8) is 0 Å². The summed E-state index contributed by atoms with van der Waals surface area (Å²) in [6, 6.07) is 10.8. The van der Waals surface area contributed by atoms with E-state index in [0.717, 1.165) is 11.1 Å². The third-order valence-corrected chi connectivity index (χ3v) is 5.19. The van der Waals surface area contributed by atoms with E-state index in [4.69, 9.17) is 19.6 Å². The van der Waals surface area contributed by atoms with E-state index < -0.39 is 0 Å². The summed E-state index contributed by atoms with van der Waals surface area (Å²) >= 11 is 0. The highest BCUT2D eigenvalue weighted by Gasteiger charge is 2.33. The summed E-state index contributed by atoms with van der Waals surface area (Å²) in [6.45, 7) is 4.89. The third-order valence-electron chi connectivity index (χ3n) is 5.19. The van der Waals surface area contributed by atoms with Gasteiger partial charge in [0.25, 0.3) is 0 Å². The van der Waals surface area contributed by atoms with Crippen LogP contribution < -0.4 is 19.7 Å². The molecular weight excluding hydrogens is 382 g/mol. The van der Waals surface area contributed by atoms with Gasteiger partial charge in [0.1, 0.15) is 23.3 Å². The predicted octanol–water partition coefficient (Wildman–Crippen LogP) is 4.03. The molecule has 0 aliphatic carbocycles. The zero-order valence-corrected chi connectivity index (χ0v) is 17.5. The number of aromatic hydroxyl groups is 1. The lowest BCUT2D eigenvalue weighted by atomic mass is 9.83. The van der Waals surface area contributed by atoms with Crippen LogP contribution in [0.3, 0.4) is 0 Å². The van der Waals surface area contributed by atoms with Crippen molar-refractivity contribution in [3.05, 3.63) is 64.9 Å². The van der Waals surface area contributed by atoms with Crippen molar-refractivity contribution in [1.82, 2.24) is 9.55 Å². The van der Waals surface area contributed by atoms with E-state index in [1.807, 2.05) is 28.8 Å². The highest BCUT2D eigenvalue weighted by atomic mass is 16.5. The second-order valence-electron chi connectivity index (χ2n) is 7.73. The molecule has 0 radical (unpaired) electrons. The zero-order valence-electron chi connectivity index (χ0n) is 17.5. The molecule has 1 aliphatic rings. The number of methoxy groups -OCH3 is 2. The van der Waals surface area contributed by atoms with Crippen LogP contribution in [-0.4, -0.2) is 28.9 Å². The summed E-state index contributed by atoms with van der Waals surface area (Å²) in [7, 11) is 3.19. The summed E-state index contributed by atoms with van der Waals surface area (Å²) < 4.78 is 18.7. The van der Waals surface area contributed by atoms with Crippen molar-refractivity contribution in [2.45, 2.75) is 26.3 Å². The Morgan fingerprint density at radius 2 is 1.90 bits per heavy atom. The molecule has 1 aliphatic heterocycles. The minimum Gasteiger partial charge on any atom is -0.508 e. The van der Waals surface area contributed by atoms with E-state index in [9.17, 15) is 5.11 Å². The number of ether oxygens (including phenoxy) is 3. The van der Waals surface area contributed by atoms with Crippen LogP contribution >= 0.6 is 0 Å². The Morgan fingerprint density at radius 1 is 1.13 bits per heavy atom. The van der Waals surface area contributed by atoms with E-state index in [1.54, 1.807) is 32.7 Å². The SMILES string of the molecule is COc1ccc(C2c3ccc(O)cc3Oc3ncn(CC(C)C)c(=N)c32)cc1OC. The molecule has 2 heterocycles. The van der Waals surface area contributed by atoms with Crippen LogP contribution in [0.1, 0.15) is 36.5 Å². The molecule has 0 bridgehead atoms. The second-order valence-corrected chi connectivity index (χ2v) is 7.73. The molecule has 0 saturated carbocycles. The largest absolute Gasteiger partial charge is 0.508 e. The number of phenolic OH excluding ortho intramolecular Hbond substituents is 1. The third kappa shape index (κ3) is 3.36. The topological polar surface area (TPSA) is 89.6 Å². The second kappa shape index (κ2) is 7.74. The van der Waals surface area contributed by atoms with Crippen molar-refractivity contribution in [2.24, 2.45) is 5.92 Å². The number of hydrogen-bond donors (Lipinski definition) is 2. The predicted molar refractivity (Wildman–Crippen MR) is 112 cm³/mol. The Kier molecular flexibility index (Phi) is 5.11. The first-order valence-electron chi connectivity index (χ1n) is 9.79. The van der Waals surface area contributed by atoms with Crippen molar-refractivity contribution in [2.75, 3.05) is 14.2 Å². The van der Waals surface area contributed by atoms with Gasteiger partial charge in [-0.15, -0.1) is 0 Å². The monoisotopic (exact) mass is 407 g/mol. The maximum atomic E-state index is 9.96. The van der Waals surface area contributed by atoms with Crippen LogP contribution in [0.4, 0.5) is 0 Å². The Balaban J connectivity index is 1.96. The maximum Gasteiger partial charge on any atom is 0.228 e. The number of hydrogen-bond acceptors (Lipinski definition) is 6. The Morgan fingerprint density at radius 3 is 2.60 bits per heavy atom. The van der Waals surface area contributed by atoms with Crippen molar-refractivity contribution in [3.8, 4) is 28.9 Å². The molecule has 1 aromatic heterocycles. The highest BCUT2D eigenvalue weighted by Crippen LogP contribution is 2.47. The molecule has 4 rings (SSSR count). The van der Waals surface area contributed by atoms with Gasteiger partial charge in [-0.3, -0.25) is 5.41 Å². The molecule has 2 N–H and O–H groups in total.